The van der Waals surface area contributed by atoms with Crippen LogP contribution in [0.3, 0.4) is 0 Å². The van der Waals surface area contributed by atoms with E-state index >= 15 is 0 Å². The minimum atomic E-state index is 0.752. The number of hydrogen-bond acceptors (Lipinski definition) is 0. The Hall–Kier alpha value is -1.04. The highest BCUT2D eigenvalue weighted by Crippen LogP contribution is 2.27. The van der Waals surface area contributed by atoms with E-state index in [1.807, 2.05) is 30.3 Å². The molecule has 0 aromatic heterocycles. The first-order chi connectivity index (χ1) is 5.88. The molecule has 0 atom stereocenters. The Kier molecular flexibility index (Phi) is 1.48. The van der Waals surface area contributed by atoms with E-state index in [1.165, 1.54) is 12.0 Å². The van der Waals surface area contributed by atoms with Gasteiger partial charge in [0.05, 0.1) is 1.37 Å². The molecule has 1 aromatic carbocycles. The molecule has 11 heavy (non-hydrogen) atoms. The van der Waals surface area contributed by atoms with Crippen LogP contribution in [0.4, 0.5) is 0 Å². The van der Waals surface area contributed by atoms with E-state index in [0.717, 1.165) is 24.5 Å². The van der Waals surface area contributed by atoms with Gasteiger partial charge in [-0.25, -0.2) is 0 Å². The first-order valence-corrected chi connectivity index (χ1v) is 4.12. The van der Waals surface area contributed by atoms with Gasteiger partial charge in [-0.15, -0.1) is 0 Å². The third kappa shape index (κ3) is 1.51. The fourth-order valence-electron chi connectivity index (χ4n) is 1.20. The van der Waals surface area contributed by atoms with Crippen molar-refractivity contribution in [3.05, 3.63) is 41.5 Å². The van der Waals surface area contributed by atoms with Gasteiger partial charge in [-0.3, -0.25) is 0 Å². The van der Waals surface area contributed by atoms with E-state index < -0.39 is 0 Å². The maximum atomic E-state index is 7.85. The quantitative estimate of drug-likeness (QED) is 0.569. The minimum Gasteiger partial charge on any atom is -0.0696 e. The lowest BCUT2D eigenvalue weighted by molar-refractivity contribution is 0.670. The Labute approximate surface area is 69.0 Å². The van der Waals surface area contributed by atoms with Crippen molar-refractivity contribution in [2.45, 2.75) is 19.3 Å². The molecule has 0 saturated heterocycles. The molecule has 0 radical (unpaired) electrons. The monoisotopic (exact) mass is 145 g/mol. The molecular weight excluding hydrogens is 132 g/mol. The zero-order valence-electron chi connectivity index (χ0n) is 7.51. The van der Waals surface area contributed by atoms with Crippen molar-refractivity contribution < 1.29 is 1.37 Å². The highest BCUT2D eigenvalue weighted by Gasteiger charge is 2.06. The first-order valence-electron chi connectivity index (χ1n) is 4.62. The zero-order chi connectivity index (χ0) is 8.39. The van der Waals surface area contributed by atoms with E-state index in [-0.39, 0.29) is 0 Å². The maximum Gasteiger partial charge on any atom is 0.0629 e. The zero-order valence-corrected chi connectivity index (χ0v) is 6.51. The van der Waals surface area contributed by atoms with Crippen LogP contribution in [0.1, 0.15) is 26.2 Å². The molecule has 1 aliphatic rings. The molecule has 0 aliphatic heterocycles. The van der Waals surface area contributed by atoms with Crippen molar-refractivity contribution in [3.8, 4) is 0 Å². The van der Waals surface area contributed by atoms with Gasteiger partial charge in [-0.05, 0) is 24.8 Å². The molecule has 1 saturated carbocycles. The molecule has 0 N–H and O–H groups in total. The molecule has 0 amide bonds. The van der Waals surface area contributed by atoms with E-state index in [0.29, 0.717) is 0 Å². The van der Waals surface area contributed by atoms with Crippen LogP contribution in [-0.4, -0.2) is 0 Å². The molecule has 1 fully saturated rings. The van der Waals surface area contributed by atoms with Crippen molar-refractivity contribution in [1.82, 2.24) is 0 Å². The Morgan fingerprint density at radius 3 is 2.45 bits per heavy atom. The van der Waals surface area contributed by atoms with Crippen LogP contribution in [0, 0.1) is 0 Å². The molecule has 0 heteroatoms. The van der Waals surface area contributed by atoms with E-state index in [2.05, 4.69) is 0 Å². The van der Waals surface area contributed by atoms with Crippen molar-refractivity contribution in [2.24, 2.45) is 0 Å². The predicted octanol–water partition coefficient (Wildman–Crippen LogP) is 3.25. The minimum absolute atomic E-state index is 0.752. The lowest BCUT2D eigenvalue weighted by atomic mass is 9.91. The number of allylic oxidation sites excluding steroid dienone is 1. The fraction of sp³-hybridized carbons (Fsp3) is 0.273. The van der Waals surface area contributed by atoms with Gasteiger partial charge in [0.15, 0.2) is 0 Å². The summed E-state index contributed by atoms with van der Waals surface area (Å²) in [6.45, 7) is 0. The topological polar surface area (TPSA) is 0 Å². The van der Waals surface area contributed by atoms with E-state index in [1.54, 1.807) is 0 Å². The van der Waals surface area contributed by atoms with Crippen LogP contribution >= 0.6 is 0 Å². The SMILES string of the molecule is [2H]C(=C1CCC1)c1ccccc1. The molecule has 2 rings (SSSR count). The second kappa shape index (κ2) is 2.91. The van der Waals surface area contributed by atoms with Gasteiger partial charge >= 0.3 is 0 Å². The van der Waals surface area contributed by atoms with Crippen LogP contribution in [-0.2, 0) is 0 Å². The Bertz CT molecular complexity index is 292. The van der Waals surface area contributed by atoms with Crippen LogP contribution in [0.2, 0.25) is 0 Å². The summed E-state index contributed by atoms with van der Waals surface area (Å²) in [6, 6.07) is 10.7. The fourth-order valence-corrected chi connectivity index (χ4v) is 1.20. The molecule has 0 spiro atoms. The van der Waals surface area contributed by atoms with E-state index in [9.17, 15) is 0 Å². The largest absolute Gasteiger partial charge is 0.0696 e. The molecule has 1 aliphatic carbocycles. The maximum absolute atomic E-state index is 7.85. The second-order valence-corrected chi connectivity index (χ2v) is 2.95. The normalized spacial score (nSPS) is 17.1. The molecular formula is C11H12. The van der Waals surface area contributed by atoms with Crippen LogP contribution in [0.15, 0.2) is 35.9 Å². The lowest BCUT2D eigenvalue weighted by Crippen LogP contribution is -1.95. The highest BCUT2D eigenvalue weighted by molar-refractivity contribution is 5.53. The van der Waals surface area contributed by atoms with E-state index in [4.69, 9.17) is 1.37 Å². The smallest absolute Gasteiger partial charge is 0.0629 e. The summed E-state index contributed by atoms with van der Waals surface area (Å²) in [7, 11) is 0. The predicted molar refractivity (Wildman–Crippen MR) is 48.3 cm³/mol. The Morgan fingerprint density at radius 1 is 1.18 bits per heavy atom. The lowest BCUT2D eigenvalue weighted by Gasteiger charge is -2.15. The number of hydrogen-bond donors (Lipinski definition) is 0. The molecule has 0 heterocycles. The molecule has 56 valence electrons. The third-order valence-corrected chi connectivity index (χ3v) is 2.05. The van der Waals surface area contributed by atoms with Crippen LogP contribution in [0.25, 0.3) is 6.05 Å². The average molecular weight is 145 g/mol. The van der Waals surface area contributed by atoms with Gasteiger partial charge in [-0.2, -0.15) is 0 Å². The summed E-state index contributed by atoms with van der Waals surface area (Å²) < 4.78 is 7.85. The molecule has 0 unspecified atom stereocenters. The summed E-state index contributed by atoms with van der Waals surface area (Å²) in [5.74, 6) is 0. The first kappa shape index (κ1) is 5.59. The Morgan fingerprint density at radius 2 is 1.91 bits per heavy atom. The third-order valence-electron chi connectivity index (χ3n) is 2.05. The average Bonchev–Trinajstić information content (AvgIpc) is 2.03. The molecule has 1 aromatic rings. The summed E-state index contributed by atoms with van der Waals surface area (Å²) in [4.78, 5) is 0. The van der Waals surface area contributed by atoms with Crippen molar-refractivity contribution in [1.29, 1.82) is 0 Å². The molecule has 0 bridgehead atoms. The van der Waals surface area contributed by atoms with Gasteiger partial charge in [-0.1, -0.05) is 42.0 Å². The van der Waals surface area contributed by atoms with Gasteiger partial charge in [0.2, 0.25) is 0 Å². The second-order valence-electron chi connectivity index (χ2n) is 2.95. The van der Waals surface area contributed by atoms with Crippen LogP contribution < -0.4 is 0 Å². The van der Waals surface area contributed by atoms with Crippen molar-refractivity contribution in [2.75, 3.05) is 0 Å². The van der Waals surface area contributed by atoms with Crippen molar-refractivity contribution in [3.63, 3.8) is 0 Å². The molecule has 0 nitrogen and oxygen atoms in total. The van der Waals surface area contributed by atoms with Gasteiger partial charge in [0, 0.05) is 0 Å². The Balaban J connectivity index is 2.31. The highest BCUT2D eigenvalue weighted by atomic mass is 14.1. The van der Waals surface area contributed by atoms with Gasteiger partial charge in [0.1, 0.15) is 0 Å². The van der Waals surface area contributed by atoms with Gasteiger partial charge in [0.25, 0.3) is 0 Å². The van der Waals surface area contributed by atoms with Crippen molar-refractivity contribution >= 4 is 6.05 Å². The number of rotatable bonds is 1. The van der Waals surface area contributed by atoms with Gasteiger partial charge < -0.3 is 0 Å². The number of benzene rings is 1. The summed E-state index contributed by atoms with van der Waals surface area (Å²) in [6.07, 6.45) is 3.53. The summed E-state index contributed by atoms with van der Waals surface area (Å²) in [5.41, 5.74) is 2.38. The summed E-state index contributed by atoms with van der Waals surface area (Å²) >= 11 is 0. The van der Waals surface area contributed by atoms with Crippen LogP contribution in [0.5, 0.6) is 0 Å². The standard InChI is InChI=1S/C11H12/c1-2-5-10(6-3-1)9-11-7-4-8-11/h1-3,5-6,9H,4,7-8H2/i9D. The summed E-state index contributed by atoms with van der Waals surface area (Å²) in [5, 5.41) is 0.